The summed E-state index contributed by atoms with van der Waals surface area (Å²) in [5, 5.41) is 7.19. The molecular formula is C53H34N4. The molecule has 0 bridgehead atoms. The van der Waals surface area contributed by atoms with Gasteiger partial charge in [-0.25, -0.2) is 15.0 Å². The second-order valence-electron chi connectivity index (χ2n) is 14.4. The molecule has 11 rings (SSSR count). The number of rotatable bonds is 6. The van der Waals surface area contributed by atoms with Gasteiger partial charge in [-0.15, -0.1) is 0 Å². The molecule has 266 valence electrons. The highest BCUT2D eigenvalue weighted by Crippen LogP contribution is 2.39. The van der Waals surface area contributed by atoms with Crippen molar-refractivity contribution in [2.24, 2.45) is 0 Å². The third kappa shape index (κ3) is 5.74. The zero-order chi connectivity index (χ0) is 37.7. The van der Waals surface area contributed by atoms with Crippen molar-refractivity contribution in [3.63, 3.8) is 0 Å². The summed E-state index contributed by atoms with van der Waals surface area (Å²) >= 11 is 0. The van der Waals surface area contributed by atoms with Gasteiger partial charge in [-0.3, -0.25) is 0 Å². The zero-order valence-electron chi connectivity index (χ0n) is 30.9. The van der Waals surface area contributed by atoms with Crippen LogP contribution in [0, 0.1) is 0 Å². The fraction of sp³-hybridized carbons (Fsp3) is 0. The van der Waals surface area contributed by atoms with Crippen molar-refractivity contribution in [1.29, 1.82) is 0 Å². The van der Waals surface area contributed by atoms with Gasteiger partial charge in [0, 0.05) is 33.0 Å². The van der Waals surface area contributed by atoms with E-state index in [0.29, 0.717) is 17.5 Å². The maximum absolute atomic E-state index is 5.23. The smallest absolute Gasteiger partial charge is 0.164 e. The Bertz CT molecular complexity index is 3230. The van der Waals surface area contributed by atoms with E-state index in [1.165, 1.54) is 32.5 Å². The third-order valence-corrected chi connectivity index (χ3v) is 11.0. The van der Waals surface area contributed by atoms with Crippen LogP contribution in [0.25, 0.3) is 105 Å². The lowest BCUT2D eigenvalue weighted by Crippen LogP contribution is -2.02. The molecule has 11 aromatic rings. The predicted octanol–water partition coefficient (Wildman–Crippen LogP) is 13.6. The molecule has 0 saturated heterocycles. The van der Waals surface area contributed by atoms with E-state index in [4.69, 9.17) is 15.0 Å². The highest BCUT2D eigenvalue weighted by Gasteiger charge is 2.19. The number of hydrogen-bond donors (Lipinski definition) is 0. The normalized spacial score (nSPS) is 11.5. The molecule has 0 fully saturated rings. The minimum atomic E-state index is 0.614. The molecule has 0 amide bonds. The van der Waals surface area contributed by atoms with Crippen molar-refractivity contribution in [1.82, 2.24) is 19.5 Å². The van der Waals surface area contributed by atoms with E-state index in [1.807, 2.05) is 0 Å². The Hall–Kier alpha value is -7.69. The minimum absolute atomic E-state index is 0.614. The van der Waals surface area contributed by atoms with Gasteiger partial charge in [0.25, 0.3) is 0 Å². The predicted molar refractivity (Wildman–Crippen MR) is 236 cm³/mol. The first-order chi connectivity index (χ1) is 28.2. The monoisotopic (exact) mass is 726 g/mol. The second-order valence-corrected chi connectivity index (χ2v) is 14.4. The van der Waals surface area contributed by atoms with Crippen molar-refractivity contribution < 1.29 is 0 Å². The van der Waals surface area contributed by atoms with Gasteiger partial charge >= 0.3 is 0 Å². The first-order valence-corrected chi connectivity index (χ1v) is 19.3. The molecule has 2 heterocycles. The van der Waals surface area contributed by atoms with Gasteiger partial charge in [-0.1, -0.05) is 182 Å². The Morgan fingerprint density at radius 2 is 0.772 bits per heavy atom. The number of nitrogens with zero attached hydrogens (tertiary/aromatic N) is 4. The topological polar surface area (TPSA) is 43.6 Å². The van der Waals surface area contributed by atoms with Crippen LogP contribution in [0.15, 0.2) is 206 Å². The second kappa shape index (κ2) is 13.6. The van der Waals surface area contributed by atoms with Crippen LogP contribution in [0.2, 0.25) is 0 Å². The van der Waals surface area contributed by atoms with Gasteiger partial charge in [0.05, 0.1) is 16.7 Å². The fourth-order valence-electron chi connectivity index (χ4n) is 8.27. The van der Waals surface area contributed by atoms with Crippen LogP contribution >= 0.6 is 0 Å². The SMILES string of the molecule is c1ccc(-c2ccc(-c3nc(-c4ccc(-c5cccc6ccccc56)cc4)nc(-c4ccc5ccccc5c4)n3)cc2-n2c3ccccc3c3ccccc32)cc1. The van der Waals surface area contributed by atoms with E-state index in [0.717, 1.165) is 55.5 Å². The molecule has 4 heteroatoms. The van der Waals surface area contributed by atoms with Gasteiger partial charge < -0.3 is 4.57 Å². The lowest BCUT2D eigenvalue weighted by Gasteiger charge is -2.16. The minimum Gasteiger partial charge on any atom is -0.309 e. The van der Waals surface area contributed by atoms with E-state index in [9.17, 15) is 0 Å². The molecule has 0 saturated carbocycles. The summed E-state index contributed by atoms with van der Waals surface area (Å²) in [5.74, 6) is 1.87. The molecular weight excluding hydrogens is 693 g/mol. The van der Waals surface area contributed by atoms with Gasteiger partial charge in [0.15, 0.2) is 17.5 Å². The van der Waals surface area contributed by atoms with Crippen molar-refractivity contribution >= 4 is 43.4 Å². The standard InChI is InChI=1S/C53H34N4/c1-2-14-37(15-3-1)45-32-31-42(34-50(45)57-48-23-10-8-20-46(48)47-21-9-11-24-49(47)57)53-55-51(54-52(56-53)41-30-25-35-13-4-5-17-40(35)33-41)39-28-26-38(27-29-39)44-22-12-18-36-16-6-7-19-43(36)44/h1-34H. The van der Waals surface area contributed by atoms with Crippen LogP contribution in [0.5, 0.6) is 0 Å². The summed E-state index contributed by atoms with van der Waals surface area (Å²) < 4.78 is 2.38. The summed E-state index contributed by atoms with van der Waals surface area (Å²) in [4.78, 5) is 15.6. The van der Waals surface area contributed by atoms with E-state index in [1.54, 1.807) is 0 Å². The van der Waals surface area contributed by atoms with Gasteiger partial charge in [0.2, 0.25) is 0 Å². The van der Waals surface area contributed by atoms with Crippen molar-refractivity contribution in [3.8, 4) is 62.1 Å². The highest BCUT2D eigenvalue weighted by atomic mass is 15.0. The number of aromatic nitrogens is 4. The molecule has 0 N–H and O–H groups in total. The molecule has 0 aliphatic carbocycles. The van der Waals surface area contributed by atoms with Crippen LogP contribution in [0.1, 0.15) is 0 Å². The Balaban J connectivity index is 1.12. The summed E-state index contributed by atoms with van der Waals surface area (Å²) in [6.45, 7) is 0. The average molecular weight is 727 g/mol. The summed E-state index contributed by atoms with van der Waals surface area (Å²) in [7, 11) is 0. The maximum Gasteiger partial charge on any atom is 0.164 e. The van der Waals surface area contributed by atoms with Crippen LogP contribution in [0.3, 0.4) is 0 Å². The van der Waals surface area contributed by atoms with Gasteiger partial charge in [-0.2, -0.15) is 0 Å². The highest BCUT2D eigenvalue weighted by molar-refractivity contribution is 6.10. The Labute approximate surface area is 330 Å². The van der Waals surface area contributed by atoms with E-state index >= 15 is 0 Å². The van der Waals surface area contributed by atoms with Crippen molar-refractivity contribution in [2.75, 3.05) is 0 Å². The molecule has 0 unspecified atom stereocenters. The van der Waals surface area contributed by atoms with Crippen LogP contribution in [-0.2, 0) is 0 Å². The van der Waals surface area contributed by atoms with Gasteiger partial charge in [-0.05, 0) is 62.5 Å². The number of hydrogen-bond acceptors (Lipinski definition) is 3. The zero-order valence-corrected chi connectivity index (χ0v) is 30.9. The molecule has 0 spiro atoms. The molecule has 0 aliphatic heterocycles. The van der Waals surface area contributed by atoms with E-state index in [-0.39, 0.29) is 0 Å². The summed E-state index contributed by atoms with van der Waals surface area (Å²) in [6, 6.07) is 72.9. The van der Waals surface area contributed by atoms with Crippen LogP contribution in [0.4, 0.5) is 0 Å². The fourth-order valence-corrected chi connectivity index (χ4v) is 8.27. The van der Waals surface area contributed by atoms with Crippen molar-refractivity contribution in [3.05, 3.63) is 206 Å². The Morgan fingerprint density at radius 1 is 0.281 bits per heavy atom. The molecule has 9 aromatic carbocycles. The molecule has 2 aromatic heterocycles. The molecule has 0 aliphatic rings. The first-order valence-electron chi connectivity index (χ1n) is 19.3. The largest absolute Gasteiger partial charge is 0.309 e. The van der Waals surface area contributed by atoms with E-state index < -0.39 is 0 Å². The molecule has 0 atom stereocenters. The van der Waals surface area contributed by atoms with Gasteiger partial charge in [0.1, 0.15) is 0 Å². The first kappa shape index (κ1) is 32.7. The molecule has 4 nitrogen and oxygen atoms in total. The van der Waals surface area contributed by atoms with E-state index in [2.05, 4.69) is 211 Å². The maximum atomic E-state index is 5.23. The van der Waals surface area contributed by atoms with Crippen molar-refractivity contribution in [2.45, 2.75) is 0 Å². The van der Waals surface area contributed by atoms with Crippen LogP contribution < -0.4 is 0 Å². The number of fused-ring (bicyclic) bond motifs is 5. The Kier molecular flexibility index (Phi) is 7.78. The summed E-state index contributed by atoms with van der Waals surface area (Å²) in [6.07, 6.45) is 0. The molecule has 0 radical (unpaired) electrons. The number of benzene rings is 9. The number of para-hydroxylation sites is 2. The lowest BCUT2D eigenvalue weighted by molar-refractivity contribution is 1.07. The van der Waals surface area contributed by atoms with Crippen LogP contribution in [-0.4, -0.2) is 19.5 Å². The lowest BCUT2D eigenvalue weighted by atomic mass is 9.97. The Morgan fingerprint density at radius 3 is 1.49 bits per heavy atom. The third-order valence-electron chi connectivity index (χ3n) is 11.0. The quantitative estimate of drug-likeness (QED) is 0.171. The molecule has 57 heavy (non-hydrogen) atoms. The average Bonchev–Trinajstić information content (AvgIpc) is 3.63. The summed E-state index contributed by atoms with van der Waals surface area (Å²) in [5.41, 5.74) is 10.7.